The van der Waals surface area contributed by atoms with Crippen LogP contribution in [0.1, 0.15) is 51.4 Å². The SMILES string of the molecule is O=C(O)[C@H]1CCC[C@H]1C(=O)NC1(CO)CCCCC1. The molecule has 3 N–H and O–H groups in total. The van der Waals surface area contributed by atoms with Gasteiger partial charge in [0.2, 0.25) is 5.91 Å². The summed E-state index contributed by atoms with van der Waals surface area (Å²) in [5, 5.41) is 21.7. The highest BCUT2D eigenvalue weighted by Crippen LogP contribution is 2.34. The van der Waals surface area contributed by atoms with E-state index < -0.39 is 23.3 Å². The molecule has 0 aliphatic heterocycles. The molecular weight excluding hydrogens is 246 g/mol. The van der Waals surface area contributed by atoms with Gasteiger partial charge in [0.1, 0.15) is 0 Å². The first-order chi connectivity index (χ1) is 9.08. The molecule has 1 amide bonds. The van der Waals surface area contributed by atoms with Crippen LogP contribution in [0.5, 0.6) is 0 Å². The Morgan fingerprint density at radius 1 is 1.05 bits per heavy atom. The van der Waals surface area contributed by atoms with Gasteiger partial charge in [-0.3, -0.25) is 9.59 Å². The van der Waals surface area contributed by atoms with Crippen LogP contribution in [0.3, 0.4) is 0 Å². The lowest BCUT2D eigenvalue weighted by Gasteiger charge is -2.37. The van der Waals surface area contributed by atoms with Gasteiger partial charge < -0.3 is 15.5 Å². The molecule has 2 rings (SSSR count). The van der Waals surface area contributed by atoms with Crippen LogP contribution in [0.15, 0.2) is 0 Å². The molecule has 0 bridgehead atoms. The minimum Gasteiger partial charge on any atom is -0.481 e. The van der Waals surface area contributed by atoms with E-state index in [-0.39, 0.29) is 12.5 Å². The minimum absolute atomic E-state index is 0.0524. The normalized spacial score (nSPS) is 29.9. The van der Waals surface area contributed by atoms with Gasteiger partial charge in [-0.15, -0.1) is 0 Å². The summed E-state index contributed by atoms with van der Waals surface area (Å²) >= 11 is 0. The molecule has 5 nitrogen and oxygen atoms in total. The molecule has 0 spiro atoms. The Kier molecular flexibility index (Phi) is 4.45. The molecule has 2 saturated carbocycles. The molecule has 0 radical (unpaired) electrons. The van der Waals surface area contributed by atoms with Crippen molar-refractivity contribution in [1.29, 1.82) is 0 Å². The van der Waals surface area contributed by atoms with Gasteiger partial charge in [0, 0.05) is 0 Å². The zero-order valence-electron chi connectivity index (χ0n) is 11.2. The fourth-order valence-electron chi connectivity index (χ4n) is 3.47. The molecule has 2 aliphatic rings. The van der Waals surface area contributed by atoms with E-state index >= 15 is 0 Å². The Morgan fingerprint density at radius 3 is 2.26 bits per heavy atom. The van der Waals surface area contributed by atoms with E-state index in [1.807, 2.05) is 0 Å². The molecule has 2 aliphatic carbocycles. The Hall–Kier alpha value is -1.10. The van der Waals surface area contributed by atoms with E-state index in [1.54, 1.807) is 0 Å². The summed E-state index contributed by atoms with van der Waals surface area (Å²) in [6.45, 7) is -0.0524. The highest BCUT2D eigenvalue weighted by molar-refractivity contribution is 5.85. The van der Waals surface area contributed by atoms with Gasteiger partial charge >= 0.3 is 5.97 Å². The highest BCUT2D eigenvalue weighted by atomic mass is 16.4. The maximum Gasteiger partial charge on any atom is 0.307 e. The molecule has 0 unspecified atom stereocenters. The number of hydrogen-bond acceptors (Lipinski definition) is 3. The molecule has 19 heavy (non-hydrogen) atoms. The van der Waals surface area contributed by atoms with Crippen molar-refractivity contribution in [1.82, 2.24) is 5.32 Å². The van der Waals surface area contributed by atoms with Crippen LogP contribution in [0.25, 0.3) is 0 Å². The number of aliphatic carboxylic acids is 1. The Balaban J connectivity index is 2.01. The number of carboxylic acids is 1. The van der Waals surface area contributed by atoms with Gasteiger partial charge in [-0.1, -0.05) is 25.7 Å². The summed E-state index contributed by atoms with van der Waals surface area (Å²) < 4.78 is 0. The standard InChI is InChI=1S/C14H23NO4/c16-9-14(7-2-1-3-8-14)15-12(17)10-5-4-6-11(10)13(18)19/h10-11,16H,1-9H2,(H,15,17)(H,18,19)/t10-,11+/m1/s1. The molecule has 0 aromatic rings. The number of aliphatic hydroxyl groups is 1. The molecule has 2 fully saturated rings. The third kappa shape index (κ3) is 3.08. The van der Waals surface area contributed by atoms with E-state index in [9.17, 15) is 14.7 Å². The Bertz CT molecular complexity index is 349. The topological polar surface area (TPSA) is 86.6 Å². The highest BCUT2D eigenvalue weighted by Gasteiger charge is 2.41. The van der Waals surface area contributed by atoms with E-state index in [1.165, 1.54) is 0 Å². The predicted molar refractivity (Wildman–Crippen MR) is 69.5 cm³/mol. The third-order valence-corrected chi connectivity index (χ3v) is 4.67. The van der Waals surface area contributed by atoms with Crippen molar-refractivity contribution in [3.05, 3.63) is 0 Å². The number of hydrogen-bond donors (Lipinski definition) is 3. The van der Waals surface area contributed by atoms with Crippen LogP contribution in [0.2, 0.25) is 0 Å². The van der Waals surface area contributed by atoms with Crippen molar-refractivity contribution < 1.29 is 19.8 Å². The van der Waals surface area contributed by atoms with Gasteiger partial charge in [-0.25, -0.2) is 0 Å². The lowest BCUT2D eigenvalue weighted by atomic mass is 9.81. The number of aliphatic hydroxyl groups excluding tert-OH is 1. The van der Waals surface area contributed by atoms with E-state index in [0.717, 1.165) is 38.5 Å². The first-order valence-electron chi connectivity index (χ1n) is 7.24. The van der Waals surface area contributed by atoms with Gasteiger partial charge in [-0.05, 0) is 25.7 Å². The first-order valence-corrected chi connectivity index (χ1v) is 7.24. The van der Waals surface area contributed by atoms with Crippen LogP contribution in [0.4, 0.5) is 0 Å². The van der Waals surface area contributed by atoms with Crippen LogP contribution < -0.4 is 5.32 Å². The minimum atomic E-state index is -0.876. The van der Waals surface area contributed by atoms with Gasteiger partial charge in [0.25, 0.3) is 0 Å². The second-order valence-corrected chi connectivity index (χ2v) is 5.97. The second kappa shape index (κ2) is 5.90. The Morgan fingerprint density at radius 2 is 1.68 bits per heavy atom. The monoisotopic (exact) mass is 269 g/mol. The zero-order chi connectivity index (χ0) is 13.9. The van der Waals surface area contributed by atoms with Crippen LogP contribution in [-0.4, -0.2) is 34.2 Å². The fraction of sp³-hybridized carbons (Fsp3) is 0.857. The summed E-state index contributed by atoms with van der Waals surface area (Å²) in [6, 6.07) is 0. The number of carbonyl (C=O) groups is 2. The van der Waals surface area contributed by atoms with Crippen LogP contribution >= 0.6 is 0 Å². The predicted octanol–water partition coefficient (Wildman–Crippen LogP) is 1.30. The zero-order valence-corrected chi connectivity index (χ0v) is 11.2. The van der Waals surface area contributed by atoms with Crippen molar-refractivity contribution in [2.24, 2.45) is 11.8 Å². The molecule has 0 heterocycles. The molecule has 0 aromatic heterocycles. The molecule has 108 valence electrons. The number of nitrogens with one attached hydrogen (secondary N) is 1. The fourth-order valence-corrected chi connectivity index (χ4v) is 3.47. The molecule has 0 saturated heterocycles. The summed E-state index contributed by atoms with van der Waals surface area (Å²) in [6.07, 6.45) is 6.75. The second-order valence-electron chi connectivity index (χ2n) is 5.97. The summed E-state index contributed by atoms with van der Waals surface area (Å²) in [4.78, 5) is 23.4. The largest absolute Gasteiger partial charge is 0.481 e. The van der Waals surface area contributed by atoms with Gasteiger partial charge in [0.05, 0.1) is 24.0 Å². The molecule has 2 atom stereocenters. The Labute approximate surface area is 113 Å². The van der Waals surface area contributed by atoms with Crippen molar-refractivity contribution in [2.45, 2.75) is 56.9 Å². The van der Waals surface area contributed by atoms with Crippen molar-refractivity contribution >= 4 is 11.9 Å². The number of amides is 1. The van der Waals surface area contributed by atoms with Crippen molar-refractivity contribution in [3.63, 3.8) is 0 Å². The van der Waals surface area contributed by atoms with Crippen LogP contribution in [0, 0.1) is 11.8 Å². The van der Waals surface area contributed by atoms with Crippen molar-refractivity contribution in [3.8, 4) is 0 Å². The summed E-state index contributed by atoms with van der Waals surface area (Å²) in [7, 11) is 0. The lowest BCUT2D eigenvalue weighted by Crippen LogP contribution is -2.54. The number of carbonyl (C=O) groups excluding carboxylic acids is 1. The maximum atomic E-state index is 12.3. The lowest BCUT2D eigenvalue weighted by molar-refractivity contribution is -0.146. The maximum absolute atomic E-state index is 12.3. The quantitative estimate of drug-likeness (QED) is 0.718. The smallest absolute Gasteiger partial charge is 0.307 e. The van der Waals surface area contributed by atoms with Gasteiger partial charge in [0.15, 0.2) is 0 Å². The van der Waals surface area contributed by atoms with E-state index in [4.69, 9.17) is 5.11 Å². The number of rotatable bonds is 4. The molecule has 5 heteroatoms. The summed E-state index contributed by atoms with van der Waals surface area (Å²) in [5.41, 5.74) is -0.513. The molecule has 0 aromatic carbocycles. The van der Waals surface area contributed by atoms with Crippen LogP contribution in [-0.2, 0) is 9.59 Å². The third-order valence-electron chi connectivity index (χ3n) is 4.67. The summed E-state index contributed by atoms with van der Waals surface area (Å²) in [5.74, 6) is -2.04. The average molecular weight is 269 g/mol. The average Bonchev–Trinajstić information content (AvgIpc) is 2.89. The van der Waals surface area contributed by atoms with Gasteiger partial charge in [-0.2, -0.15) is 0 Å². The van der Waals surface area contributed by atoms with Crippen molar-refractivity contribution in [2.75, 3.05) is 6.61 Å². The molecular formula is C14H23NO4. The number of carboxylic acid groups (broad SMARTS) is 1. The van der Waals surface area contributed by atoms with E-state index in [0.29, 0.717) is 12.8 Å². The first kappa shape index (κ1) is 14.3. The van der Waals surface area contributed by atoms with E-state index in [2.05, 4.69) is 5.32 Å².